The van der Waals surface area contributed by atoms with Gasteiger partial charge in [-0.2, -0.15) is 0 Å². The molecule has 2 heterocycles. The number of aromatic nitrogens is 3. The second kappa shape index (κ2) is 5.69. The number of aromatic amines is 1. The molecule has 1 aliphatic rings. The van der Waals surface area contributed by atoms with Crippen LogP contribution in [0.2, 0.25) is 0 Å². The van der Waals surface area contributed by atoms with E-state index >= 15 is 0 Å². The Bertz CT molecular complexity index is 442. The van der Waals surface area contributed by atoms with E-state index in [-0.39, 0.29) is 23.7 Å². The van der Waals surface area contributed by atoms with Gasteiger partial charge in [0.2, 0.25) is 5.82 Å². The SMILES string of the molecule is CC(C)c1nc(C(=O)N(C)C2CCCN(C)C2)n[nH]1. The third-order valence-electron chi connectivity index (χ3n) is 3.71. The lowest BCUT2D eigenvalue weighted by Crippen LogP contribution is -2.47. The van der Waals surface area contributed by atoms with Gasteiger partial charge in [-0.05, 0) is 26.4 Å². The van der Waals surface area contributed by atoms with E-state index in [0.29, 0.717) is 0 Å². The van der Waals surface area contributed by atoms with Crippen LogP contribution in [0.5, 0.6) is 0 Å². The van der Waals surface area contributed by atoms with E-state index in [1.807, 2.05) is 20.9 Å². The molecule has 0 saturated carbocycles. The van der Waals surface area contributed by atoms with E-state index in [2.05, 4.69) is 27.1 Å². The summed E-state index contributed by atoms with van der Waals surface area (Å²) in [5.74, 6) is 1.19. The number of piperidine rings is 1. The first-order chi connectivity index (χ1) is 8.99. The minimum atomic E-state index is -0.0940. The van der Waals surface area contributed by atoms with Crippen molar-refractivity contribution in [2.45, 2.75) is 38.6 Å². The standard InChI is InChI=1S/C13H23N5O/c1-9(2)11-14-12(16-15-11)13(19)18(4)10-6-5-7-17(3)8-10/h9-10H,5-8H2,1-4H3,(H,14,15,16). The predicted octanol–water partition coefficient (Wildman–Crippen LogP) is 1.09. The molecule has 1 aromatic heterocycles. The molecular weight excluding hydrogens is 242 g/mol. The fourth-order valence-electron chi connectivity index (χ4n) is 2.41. The molecule has 1 saturated heterocycles. The third kappa shape index (κ3) is 3.12. The van der Waals surface area contributed by atoms with E-state index in [1.165, 1.54) is 0 Å². The zero-order chi connectivity index (χ0) is 14.0. The Labute approximate surface area is 114 Å². The molecule has 0 aromatic carbocycles. The number of H-pyrrole nitrogens is 1. The molecule has 0 spiro atoms. The monoisotopic (exact) mass is 265 g/mol. The van der Waals surface area contributed by atoms with Gasteiger partial charge < -0.3 is 9.80 Å². The lowest BCUT2D eigenvalue weighted by atomic mass is 10.1. The topological polar surface area (TPSA) is 65.1 Å². The second-order valence-corrected chi connectivity index (χ2v) is 5.67. The molecule has 1 amide bonds. The summed E-state index contributed by atoms with van der Waals surface area (Å²) in [5.41, 5.74) is 0. The van der Waals surface area contributed by atoms with Gasteiger partial charge in [-0.3, -0.25) is 9.89 Å². The van der Waals surface area contributed by atoms with Gasteiger partial charge >= 0.3 is 0 Å². The van der Waals surface area contributed by atoms with Gasteiger partial charge in [0.1, 0.15) is 5.82 Å². The molecule has 1 aromatic rings. The molecule has 0 aliphatic carbocycles. The Hall–Kier alpha value is -1.43. The highest BCUT2D eigenvalue weighted by Gasteiger charge is 2.27. The number of nitrogens with one attached hydrogen (secondary N) is 1. The average molecular weight is 265 g/mol. The third-order valence-corrected chi connectivity index (χ3v) is 3.71. The Morgan fingerprint density at radius 3 is 2.84 bits per heavy atom. The van der Waals surface area contributed by atoms with E-state index in [0.717, 1.165) is 31.8 Å². The fraction of sp³-hybridized carbons (Fsp3) is 0.769. The van der Waals surface area contributed by atoms with Crippen LogP contribution < -0.4 is 0 Å². The predicted molar refractivity (Wildman–Crippen MR) is 73.1 cm³/mol. The number of hydrogen-bond donors (Lipinski definition) is 1. The molecular formula is C13H23N5O. The molecule has 1 aliphatic heterocycles. The normalized spacial score (nSPS) is 20.8. The average Bonchev–Trinajstić information content (AvgIpc) is 2.86. The minimum absolute atomic E-state index is 0.0940. The van der Waals surface area contributed by atoms with Gasteiger partial charge in [-0.15, -0.1) is 5.10 Å². The smallest absolute Gasteiger partial charge is 0.293 e. The van der Waals surface area contributed by atoms with Gasteiger partial charge in [0.05, 0.1) is 0 Å². The van der Waals surface area contributed by atoms with Crippen LogP contribution in [-0.2, 0) is 0 Å². The van der Waals surface area contributed by atoms with Crippen molar-refractivity contribution in [2.24, 2.45) is 0 Å². The maximum atomic E-state index is 12.3. The van der Waals surface area contributed by atoms with Crippen molar-refractivity contribution in [1.29, 1.82) is 0 Å². The van der Waals surface area contributed by atoms with Crippen LogP contribution in [0.3, 0.4) is 0 Å². The fourth-order valence-corrected chi connectivity index (χ4v) is 2.41. The van der Waals surface area contributed by atoms with Gasteiger partial charge in [0.25, 0.3) is 5.91 Å². The first kappa shape index (κ1) is 14.0. The maximum Gasteiger partial charge on any atom is 0.293 e. The van der Waals surface area contributed by atoms with E-state index in [4.69, 9.17) is 0 Å². The molecule has 6 nitrogen and oxygen atoms in total. The van der Waals surface area contributed by atoms with Crippen molar-refractivity contribution >= 4 is 5.91 Å². The van der Waals surface area contributed by atoms with Crippen molar-refractivity contribution in [1.82, 2.24) is 25.0 Å². The molecule has 6 heteroatoms. The maximum absolute atomic E-state index is 12.3. The van der Waals surface area contributed by atoms with Gasteiger partial charge in [0, 0.05) is 25.6 Å². The van der Waals surface area contributed by atoms with Crippen molar-refractivity contribution in [3.8, 4) is 0 Å². The molecule has 1 atom stereocenters. The highest BCUT2D eigenvalue weighted by molar-refractivity contribution is 5.90. The number of hydrogen-bond acceptors (Lipinski definition) is 4. The highest BCUT2D eigenvalue weighted by atomic mass is 16.2. The van der Waals surface area contributed by atoms with Crippen LogP contribution >= 0.6 is 0 Å². The number of carbonyl (C=O) groups excluding carboxylic acids is 1. The molecule has 0 radical (unpaired) electrons. The summed E-state index contributed by atoms with van der Waals surface area (Å²) in [6, 6.07) is 0.257. The van der Waals surface area contributed by atoms with Crippen LogP contribution in [0.4, 0.5) is 0 Å². The van der Waals surface area contributed by atoms with Crippen molar-refractivity contribution in [3.05, 3.63) is 11.6 Å². The van der Waals surface area contributed by atoms with E-state index in [1.54, 1.807) is 4.90 Å². The summed E-state index contributed by atoms with van der Waals surface area (Å²) in [5, 5.41) is 6.87. The van der Waals surface area contributed by atoms with Crippen LogP contribution in [0, 0.1) is 0 Å². The Balaban J connectivity index is 2.05. The first-order valence-electron chi connectivity index (χ1n) is 6.87. The number of amides is 1. The number of likely N-dealkylation sites (tertiary alicyclic amines) is 1. The van der Waals surface area contributed by atoms with Crippen LogP contribution in [0.15, 0.2) is 0 Å². The van der Waals surface area contributed by atoms with Gasteiger partial charge in [-0.1, -0.05) is 13.8 Å². The van der Waals surface area contributed by atoms with E-state index < -0.39 is 0 Å². The molecule has 19 heavy (non-hydrogen) atoms. The Morgan fingerprint density at radius 2 is 2.26 bits per heavy atom. The number of nitrogens with zero attached hydrogens (tertiary/aromatic N) is 4. The van der Waals surface area contributed by atoms with Crippen LogP contribution in [0.25, 0.3) is 0 Å². The highest BCUT2D eigenvalue weighted by Crippen LogP contribution is 2.15. The van der Waals surface area contributed by atoms with Gasteiger partial charge in [0.15, 0.2) is 0 Å². The summed E-state index contributed by atoms with van der Waals surface area (Å²) in [4.78, 5) is 20.7. The molecule has 1 unspecified atom stereocenters. The molecule has 106 valence electrons. The number of carbonyl (C=O) groups is 1. The molecule has 2 rings (SSSR count). The molecule has 0 bridgehead atoms. The van der Waals surface area contributed by atoms with Crippen molar-refractivity contribution in [3.63, 3.8) is 0 Å². The summed E-state index contributed by atoms with van der Waals surface area (Å²) < 4.78 is 0. The summed E-state index contributed by atoms with van der Waals surface area (Å²) in [6.45, 7) is 6.07. The second-order valence-electron chi connectivity index (χ2n) is 5.67. The lowest BCUT2D eigenvalue weighted by molar-refractivity contribution is 0.0632. The van der Waals surface area contributed by atoms with Crippen LogP contribution in [0.1, 0.15) is 49.1 Å². The minimum Gasteiger partial charge on any atom is -0.335 e. The van der Waals surface area contributed by atoms with Gasteiger partial charge in [-0.25, -0.2) is 4.98 Å². The zero-order valence-electron chi connectivity index (χ0n) is 12.2. The summed E-state index contributed by atoms with van der Waals surface area (Å²) in [7, 11) is 3.94. The van der Waals surface area contributed by atoms with E-state index in [9.17, 15) is 4.79 Å². The summed E-state index contributed by atoms with van der Waals surface area (Å²) >= 11 is 0. The molecule has 1 N–H and O–H groups in total. The van der Waals surface area contributed by atoms with Crippen molar-refractivity contribution in [2.75, 3.05) is 27.2 Å². The summed E-state index contributed by atoms with van der Waals surface area (Å²) in [6.07, 6.45) is 2.18. The Kier molecular flexibility index (Phi) is 4.19. The quantitative estimate of drug-likeness (QED) is 0.888. The van der Waals surface area contributed by atoms with Crippen molar-refractivity contribution < 1.29 is 4.79 Å². The lowest BCUT2D eigenvalue weighted by Gasteiger charge is -2.35. The Morgan fingerprint density at radius 1 is 1.53 bits per heavy atom. The largest absolute Gasteiger partial charge is 0.335 e. The molecule has 1 fully saturated rings. The first-order valence-corrected chi connectivity index (χ1v) is 6.87. The van der Waals surface area contributed by atoms with Crippen LogP contribution in [-0.4, -0.2) is 64.1 Å². The zero-order valence-corrected chi connectivity index (χ0v) is 12.2. The number of rotatable bonds is 3. The number of likely N-dealkylation sites (N-methyl/N-ethyl adjacent to an activating group) is 2.